The topological polar surface area (TPSA) is 58.6 Å². The number of nitrogens with zero attached hydrogens (tertiary/aromatic N) is 1. The average molecular weight is 290 g/mol. The Balaban J connectivity index is 2.16. The third kappa shape index (κ3) is 3.82. The first-order valence-corrected chi connectivity index (χ1v) is 7.36. The van der Waals surface area contributed by atoms with E-state index in [2.05, 4.69) is 12.2 Å². The highest BCUT2D eigenvalue weighted by molar-refractivity contribution is 6.01. The molecule has 5 nitrogen and oxygen atoms in total. The van der Waals surface area contributed by atoms with Crippen molar-refractivity contribution in [2.75, 3.05) is 20.2 Å². The maximum atomic E-state index is 11.8. The minimum Gasteiger partial charge on any atom is -0.497 e. The van der Waals surface area contributed by atoms with E-state index in [0.717, 1.165) is 24.3 Å². The number of imide groups is 1. The van der Waals surface area contributed by atoms with E-state index in [1.165, 1.54) is 4.90 Å². The Morgan fingerprint density at radius 1 is 1.29 bits per heavy atom. The first-order chi connectivity index (χ1) is 10.2. The van der Waals surface area contributed by atoms with Gasteiger partial charge < -0.3 is 10.1 Å². The Hall–Kier alpha value is -1.88. The molecule has 5 heteroatoms. The van der Waals surface area contributed by atoms with Crippen molar-refractivity contribution in [1.82, 2.24) is 10.2 Å². The summed E-state index contributed by atoms with van der Waals surface area (Å²) < 4.78 is 5.25. The normalized spacial score (nSPS) is 16.4. The number of rotatable bonds is 7. The fourth-order valence-electron chi connectivity index (χ4n) is 2.47. The van der Waals surface area contributed by atoms with Crippen molar-refractivity contribution in [3.63, 3.8) is 0 Å². The van der Waals surface area contributed by atoms with Crippen LogP contribution in [0.25, 0.3) is 0 Å². The van der Waals surface area contributed by atoms with Crippen LogP contribution in [0.3, 0.4) is 0 Å². The summed E-state index contributed by atoms with van der Waals surface area (Å²) >= 11 is 0. The number of benzene rings is 1. The van der Waals surface area contributed by atoms with E-state index in [0.29, 0.717) is 19.4 Å². The van der Waals surface area contributed by atoms with Gasteiger partial charge in [-0.2, -0.15) is 0 Å². The number of nitrogens with one attached hydrogen (secondary N) is 1. The van der Waals surface area contributed by atoms with Crippen molar-refractivity contribution < 1.29 is 14.3 Å². The summed E-state index contributed by atoms with van der Waals surface area (Å²) in [5, 5.41) is 3.40. The maximum Gasteiger partial charge on any atom is 0.229 e. The number of methoxy groups -OCH3 is 1. The van der Waals surface area contributed by atoms with Crippen LogP contribution in [0.1, 0.15) is 37.8 Å². The maximum absolute atomic E-state index is 11.8. The summed E-state index contributed by atoms with van der Waals surface area (Å²) in [7, 11) is 1.63. The molecule has 1 aromatic carbocycles. The molecule has 1 N–H and O–H groups in total. The summed E-state index contributed by atoms with van der Waals surface area (Å²) in [6, 6.07) is 7.67. The Kier molecular flexibility index (Phi) is 5.33. The van der Waals surface area contributed by atoms with Gasteiger partial charge in [-0.05, 0) is 30.7 Å². The number of hydrogen-bond acceptors (Lipinski definition) is 4. The third-order valence-electron chi connectivity index (χ3n) is 3.66. The quantitative estimate of drug-likeness (QED) is 0.779. The third-order valence-corrected chi connectivity index (χ3v) is 3.66. The number of carbonyl (C=O) groups is 2. The van der Waals surface area contributed by atoms with Gasteiger partial charge >= 0.3 is 0 Å². The highest BCUT2D eigenvalue weighted by atomic mass is 16.5. The lowest BCUT2D eigenvalue weighted by molar-refractivity contribution is -0.138. The van der Waals surface area contributed by atoms with Gasteiger partial charge in [-0.3, -0.25) is 14.5 Å². The highest BCUT2D eigenvalue weighted by Crippen LogP contribution is 2.22. The molecule has 1 aliphatic heterocycles. The van der Waals surface area contributed by atoms with E-state index in [4.69, 9.17) is 4.74 Å². The Bertz CT molecular complexity index is 500. The predicted octanol–water partition coefficient (Wildman–Crippen LogP) is 1.88. The molecule has 21 heavy (non-hydrogen) atoms. The summed E-state index contributed by atoms with van der Waals surface area (Å²) in [5.41, 5.74) is 1.02. The molecule has 1 atom stereocenters. The van der Waals surface area contributed by atoms with E-state index < -0.39 is 0 Å². The summed E-state index contributed by atoms with van der Waals surface area (Å²) in [4.78, 5) is 25.0. The molecular weight excluding hydrogens is 268 g/mol. The second-order valence-electron chi connectivity index (χ2n) is 5.18. The summed E-state index contributed by atoms with van der Waals surface area (Å²) in [6.45, 7) is 3.30. The lowest BCUT2D eigenvalue weighted by Crippen LogP contribution is -2.38. The number of carbonyl (C=O) groups excluding carboxylic acids is 2. The fourth-order valence-corrected chi connectivity index (χ4v) is 2.47. The molecule has 1 saturated heterocycles. The zero-order chi connectivity index (χ0) is 15.2. The lowest BCUT2D eigenvalue weighted by Gasteiger charge is -2.24. The molecule has 2 rings (SSSR count). The smallest absolute Gasteiger partial charge is 0.229 e. The van der Waals surface area contributed by atoms with Crippen molar-refractivity contribution in [2.45, 2.75) is 32.2 Å². The first kappa shape index (κ1) is 15.5. The highest BCUT2D eigenvalue weighted by Gasteiger charge is 2.31. The molecule has 0 radical (unpaired) electrons. The van der Waals surface area contributed by atoms with Gasteiger partial charge in [0.2, 0.25) is 11.8 Å². The lowest BCUT2D eigenvalue weighted by atomic mass is 10.1. The summed E-state index contributed by atoms with van der Waals surface area (Å²) in [6.07, 6.45) is 1.65. The zero-order valence-corrected chi connectivity index (χ0v) is 12.6. The van der Waals surface area contributed by atoms with Crippen LogP contribution < -0.4 is 10.1 Å². The molecule has 114 valence electrons. The minimum absolute atomic E-state index is 0.0638. The van der Waals surface area contributed by atoms with Crippen LogP contribution in [0.5, 0.6) is 5.75 Å². The molecule has 0 saturated carbocycles. The van der Waals surface area contributed by atoms with Crippen molar-refractivity contribution in [2.24, 2.45) is 0 Å². The molecule has 1 fully saturated rings. The SMILES string of the molecule is CCCNC(CN1C(=O)CCC1=O)c1cccc(OC)c1. The second kappa shape index (κ2) is 7.22. The van der Waals surface area contributed by atoms with Gasteiger partial charge in [0.15, 0.2) is 0 Å². The van der Waals surface area contributed by atoms with Crippen molar-refractivity contribution in [3.8, 4) is 5.75 Å². The number of hydrogen-bond donors (Lipinski definition) is 1. The van der Waals surface area contributed by atoms with Crippen LogP contribution in [-0.2, 0) is 9.59 Å². The van der Waals surface area contributed by atoms with Crippen LogP contribution in [0.15, 0.2) is 24.3 Å². The minimum atomic E-state index is -0.0776. The van der Waals surface area contributed by atoms with E-state index in [1.807, 2.05) is 24.3 Å². The van der Waals surface area contributed by atoms with Crippen LogP contribution >= 0.6 is 0 Å². The number of ether oxygens (including phenoxy) is 1. The molecule has 0 aromatic heterocycles. The molecule has 1 heterocycles. The number of amides is 2. The molecule has 0 bridgehead atoms. The van der Waals surface area contributed by atoms with Crippen LogP contribution in [0.4, 0.5) is 0 Å². The number of likely N-dealkylation sites (tertiary alicyclic amines) is 1. The van der Waals surface area contributed by atoms with Gasteiger partial charge in [0.1, 0.15) is 5.75 Å². The van der Waals surface area contributed by atoms with E-state index in [9.17, 15) is 9.59 Å². The van der Waals surface area contributed by atoms with Gasteiger partial charge in [0.25, 0.3) is 0 Å². The first-order valence-electron chi connectivity index (χ1n) is 7.36. The second-order valence-corrected chi connectivity index (χ2v) is 5.18. The van der Waals surface area contributed by atoms with Gasteiger partial charge in [-0.25, -0.2) is 0 Å². The monoisotopic (exact) mass is 290 g/mol. The van der Waals surface area contributed by atoms with Gasteiger partial charge in [0.05, 0.1) is 13.2 Å². The molecule has 1 unspecified atom stereocenters. The Labute approximate surface area is 125 Å². The van der Waals surface area contributed by atoms with E-state index >= 15 is 0 Å². The summed E-state index contributed by atoms with van der Waals surface area (Å²) in [5.74, 6) is 0.618. The molecule has 2 amide bonds. The molecule has 0 spiro atoms. The van der Waals surface area contributed by atoms with Crippen molar-refractivity contribution in [3.05, 3.63) is 29.8 Å². The van der Waals surface area contributed by atoms with E-state index in [-0.39, 0.29) is 17.9 Å². The predicted molar refractivity (Wildman–Crippen MR) is 80.0 cm³/mol. The largest absolute Gasteiger partial charge is 0.497 e. The zero-order valence-electron chi connectivity index (χ0n) is 12.6. The fraction of sp³-hybridized carbons (Fsp3) is 0.500. The average Bonchev–Trinajstić information content (AvgIpc) is 2.82. The van der Waals surface area contributed by atoms with Crippen LogP contribution in [0.2, 0.25) is 0 Å². The van der Waals surface area contributed by atoms with E-state index in [1.54, 1.807) is 7.11 Å². The Morgan fingerprint density at radius 2 is 2.00 bits per heavy atom. The van der Waals surface area contributed by atoms with Gasteiger partial charge in [-0.1, -0.05) is 19.1 Å². The van der Waals surface area contributed by atoms with Crippen LogP contribution in [0, 0.1) is 0 Å². The molecule has 1 aliphatic rings. The van der Waals surface area contributed by atoms with Crippen LogP contribution in [-0.4, -0.2) is 36.9 Å². The molecule has 0 aliphatic carbocycles. The van der Waals surface area contributed by atoms with Gasteiger partial charge in [-0.15, -0.1) is 0 Å². The van der Waals surface area contributed by atoms with Crippen molar-refractivity contribution in [1.29, 1.82) is 0 Å². The van der Waals surface area contributed by atoms with Gasteiger partial charge in [0, 0.05) is 19.4 Å². The van der Waals surface area contributed by atoms with Crippen molar-refractivity contribution >= 4 is 11.8 Å². The standard InChI is InChI=1S/C16H22N2O3/c1-3-9-17-14(11-18-15(19)7-8-16(18)20)12-5-4-6-13(10-12)21-2/h4-6,10,14,17H,3,7-9,11H2,1-2H3. The Morgan fingerprint density at radius 3 is 2.62 bits per heavy atom. The molecular formula is C16H22N2O3. The molecule has 1 aromatic rings.